The van der Waals surface area contributed by atoms with Crippen molar-refractivity contribution in [3.05, 3.63) is 0 Å². The Morgan fingerprint density at radius 1 is 1.23 bits per heavy atom. The number of ether oxygens (including phenoxy) is 1. The lowest BCUT2D eigenvalue weighted by molar-refractivity contribution is -0.146. The molecule has 74 valence electrons. The summed E-state index contributed by atoms with van der Waals surface area (Å²) in [6.45, 7) is 0. The van der Waals surface area contributed by atoms with Crippen LogP contribution in [-0.4, -0.2) is 24.3 Å². The van der Waals surface area contributed by atoms with Crippen molar-refractivity contribution in [2.24, 2.45) is 17.8 Å². The molecule has 0 aromatic carbocycles. The molecule has 0 amide bonds. The zero-order chi connectivity index (χ0) is 9.42. The minimum atomic E-state index is -0.167. The molecule has 3 nitrogen and oxygen atoms in total. The molecule has 2 rings (SSSR count). The minimum Gasteiger partial charge on any atom is -0.469 e. The van der Waals surface area contributed by atoms with Crippen molar-refractivity contribution in [3.63, 3.8) is 0 Å². The fourth-order valence-electron chi connectivity index (χ4n) is 3.01. The highest BCUT2D eigenvalue weighted by atomic mass is 16.5. The second kappa shape index (κ2) is 3.29. The van der Waals surface area contributed by atoms with Crippen LogP contribution in [0, 0.1) is 17.8 Å². The zero-order valence-electron chi connectivity index (χ0n) is 7.90. The molecule has 2 saturated carbocycles. The van der Waals surface area contributed by atoms with E-state index in [4.69, 9.17) is 4.74 Å². The van der Waals surface area contributed by atoms with E-state index in [1.807, 2.05) is 0 Å². The third-order valence-electron chi connectivity index (χ3n) is 3.67. The van der Waals surface area contributed by atoms with Gasteiger partial charge in [0.15, 0.2) is 0 Å². The van der Waals surface area contributed by atoms with E-state index in [2.05, 4.69) is 0 Å². The van der Waals surface area contributed by atoms with E-state index >= 15 is 0 Å². The van der Waals surface area contributed by atoms with Gasteiger partial charge in [-0.25, -0.2) is 0 Å². The standard InChI is InChI=1S/C10H16O3/c1-13-10(12)8-3-2-7-6(8)4-5-9(7)11/h6-9,11H,2-5H2,1H3/t6-,7-,8-,9+/m0/s1. The van der Waals surface area contributed by atoms with E-state index in [-0.39, 0.29) is 18.0 Å². The summed E-state index contributed by atoms with van der Waals surface area (Å²) in [5.41, 5.74) is 0. The number of methoxy groups -OCH3 is 1. The van der Waals surface area contributed by atoms with Gasteiger partial charge in [0, 0.05) is 0 Å². The summed E-state index contributed by atoms with van der Waals surface area (Å²) in [4.78, 5) is 11.4. The summed E-state index contributed by atoms with van der Waals surface area (Å²) in [5.74, 6) is 0.736. The largest absolute Gasteiger partial charge is 0.469 e. The van der Waals surface area contributed by atoms with Crippen LogP contribution >= 0.6 is 0 Å². The van der Waals surface area contributed by atoms with Crippen molar-refractivity contribution in [2.45, 2.75) is 31.8 Å². The van der Waals surface area contributed by atoms with Crippen LogP contribution in [-0.2, 0) is 9.53 Å². The Balaban J connectivity index is 2.06. The second-order valence-corrected chi connectivity index (χ2v) is 4.18. The molecule has 0 aliphatic heterocycles. The van der Waals surface area contributed by atoms with Gasteiger partial charge in [-0.05, 0) is 37.5 Å². The van der Waals surface area contributed by atoms with Crippen LogP contribution in [0.3, 0.4) is 0 Å². The molecule has 2 aliphatic rings. The Kier molecular flexibility index (Phi) is 2.28. The van der Waals surface area contributed by atoms with Crippen LogP contribution in [0.25, 0.3) is 0 Å². The van der Waals surface area contributed by atoms with E-state index in [0.717, 1.165) is 25.7 Å². The van der Waals surface area contributed by atoms with E-state index in [0.29, 0.717) is 11.8 Å². The first kappa shape index (κ1) is 9.00. The van der Waals surface area contributed by atoms with Gasteiger partial charge in [0.25, 0.3) is 0 Å². The normalized spacial score (nSPS) is 43.2. The Morgan fingerprint density at radius 2 is 1.92 bits per heavy atom. The van der Waals surface area contributed by atoms with Crippen molar-refractivity contribution in [1.82, 2.24) is 0 Å². The predicted octanol–water partition coefficient (Wildman–Crippen LogP) is 0.956. The highest BCUT2D eigenvalue weighted by Crippen LogP contribution is 2.47. The molecular weight excluding hydrogens is 168 g/mol. The van der Waals surface area contributed by atoms with E-state index < -0.39 is 0 Å². The average Bonchev–Trinajstić information content (AvgIpc) is 2.68. The van der Waals surface area contributed by atoms with E-state index in [9.17, 15) is 9.90 Å². The number of hydrogen-bond acceptors (Lipinski definition) is 3. The molecule has 13 heavy (non-hydrogen) atoms. The molecule has 0 aromatic heterocycles. The summed E-state index contributed by atoms with van der Waals surface area (Å²) in [5, 5.41) is 9.62. The number of aliphatic hydroxyl groups excluding tert-OH is 1. The first-order valence-electron chi connectivity index (χ1n) is 5.00. The number of carbonyl (C=O) groups excluding carboxylic acids is 1. The highest BCUT2D eigenvalue weighted by molar-refractivity contribution is 5.73. The minimum absolute atomic E-state index is 0.0622. The summed E-state index contributed by atoms with van der Waals surface area (Å²) < 4.78 is 4.76. The molecule has 4 atom stereocenters. The van der Waals surface area contributed by atoms with Crippen LogP contribution in [0.4, 0.5) is 0 Å². The van der Waals surface area contributed by atoms with Crippen LogP contribution in [0.5, 0.6) is 0 Å². The smallest absolute Gasteiger partial charge is 0.308 e. The van der Waals surface area contributed by atoms with Crippen molar-refractivity contribution in [1.29, 1.82) is 0 Å². The Labute approximate surface area is 78.1 Å². The number of fused-ring (bicyclic) bond motifs is 1. The van der Waals surface area contributed by atoms with Gasteiger partial charge in [-0.15, -0.1) is 0 Å². The Hall–Kier alpha value is -0.570. The second-order valence-electron chi connectivity index (χ2n) is 4.18. The third-order valence-corrected chi connectivity index (χ3v) is 3.67. The molecule has 0 heterocycles. The fraction of sp³-hybridized carbons (Fsp3) is 0.900. The molecule has 3 heteroatoms. The van der Waals surface area contributed by atoms with Crippen molar-refractivity contribution < 1.29 is 14.6 Å². The predicted molar refractivity (Wildman–Crippen MR) is 47.0 cm³/mol. The molecule has 0 spiro atoms. The van der Waals surface area contributed by atoms with E-state index in [1.54, 1.807) is 0 Å². The molecule has 2 aliphatic carbocycles. The highest BCUT2D eigenvalue weighted by Gasteiger charge is 2.47. The molecule has 0 bridgehead atoms. The topological polar surface area (TPSA) is 46.5 Å². The number of carbonyl (C=O) groups is 1. The lowest BCUT2D eigenvalue weighted by Gasteiger charge is -2.16. The van der Waals surface area contributed by atoms with Crippen molar-refractivity contribution >= 4 is 5.97 Å². The van der Waals surface area contributed by atoms with Gasteiger partial charge in [-0.1, -0.05) is 0 Å². The number of rotatable bonds is 1. The first-order chi connectivity index (χ1) is 6.24. The number of esters is 1. The van der Waals surface area contributed by atoms with Gasteiger partial charge in [0.2, 0.25) is 0 Å². The van der Waals surface area contributed by atoms with Gasteiger partial charge in [0.1, 0.15) is 0 Å². The molecule has 1 N–H and O–H groups in total. The van der Waals surface area contributed by atoms with Gasteiger partial charge < -0.3 is 9.84 Å². The summed E-state index contributed by atoms with van der Waals surface area (Å²) in [6.07, 6.45) is 3.58. The summed E-state index contributed by atoms with van der Waals surface area (Å²) >= 11 is 0. The average molecular weight is 184 g/mol. The number of hydrogen-bond donors (Lipinski definition) is 1. The maximum Gasteiger partial charge on any atom is 0.308 e. The van der Waals surface area contributed by atoms with Gasteiger partial charge in [-0.2, -0.15) is 0 Å². The molecule has 2 fully saturated rings. The van der Waals surface area contributed by atoms with Crippen LogP contribution in [0.2, 0.25) is 0 Å². The summed E-state index contributed by atoms with van der Waals surface area (Å²) in [7, 11) is 1.45. The molecule has 0 aromatic rings. The van der Waals surface area contributed by atoms with Crippen molar-refractivity contribution in [2.75, 3.05) is 7.11 Å². The van der Waals surface area contributed by atoms with Crippen LogP contribution in [0.1, 0.15) is 25.7 Å². The monoisotopic (exact) mass is 184 g/mol. The van der Waals surface area contributed by atoms with Crippen molar-refractivity contribution in [3.8, 4) is 0 Å². The lowest BCUT2D eigenvalue weighted by atomic mass is 9.92. The lowest BCUT2D eigenvalue weighted by Crippen LogP contribution is -2.22. The molecule has 0 saturated heterocycles. The van der Waals surface area contributed by atoms with E-state index in [1.165, 1.54) is 7.11 Å². The SMILES string of the molecule is COC(=O)[C@H]1CC[C@H]2[C@@H]1CC[C@H]2O. The maximum atomic E-state index is 11.4. The van der Waals surface area contributed by atoms with Crippen LogP contribution in [0.15, 0.2) is 0 Å². The zero-order valence-corrected chi connectivity index (χ0v) is 7.90. The Bertz CT molecular complexity index is 214. The van der Waals surface area contributed by atoms with Crippen LogP contribution < -0.4 is 0 Å². The quantitative estimate of drug-likeness (QED) is 0.617. The Morgan fingerprint density at radius 3 is 2.62 bits per heavy atom. The molecular formula is C10H16O3. The number of aliphatic hydroxyl groups is 1. The van der Waals surface area contributed by atoms with Gasteiger partial charge >= 0.3 is 5.97 Å². The van der Waals surface area contributed by atoms with Gasteiger partial charge in [-0.3, -0.25) is 4.79 Å². The van der Waals surface area contributed by atoms with Gasteiger partial charge in [0.05, 0.1) is 19.1 Å². The fourth-order valence-corrected chi connectivity index (χ4v) is 3.01. The molecule has 0 radical (unpaired) electrons. The molecule has 0 unspecified atom stereocenters. The maximum absolute atomic E-state index is 11.4. The summed E-state index contributed by atoms with van der Waals surface area (Å²) in [6, 6.07) is 0. The third kappa shape index (κ3) is 1.35. The first-order valence-corrected chi connectivity index (χ1v) is 5.00.